The lowest BCUT2D eigenvalue weighted by Gasteiger charge is -2.30. The van der Waals surface area contributed by atoms with E-state index in [1.807, 2.05) is 11.1 Å². The van der Waals surface area contributed by atoms with Crippen molar-refractivity contribution in [1.82, 2.24) is 24.8 Å². The molecule has 1 saturated heterocycles. The van der Waals surface area contributed by atoms with E-state index in [4.69, 9.17) is 11.6 Å². The smallest absolute Gasteiger partial charge is 0.219 e. The van der Waals surface area contributed by atoms with Gasteiger partial charge in [-0.2, -0.15) is 0 Å². The van der Waals surface area contributed by atoms with Crippen LogP contribution < -0.4 is 0 Å². The number of carbonyl (C=O) groups is 1. The lowest BCUT2D eigenvalue weighted by molar-refractivity contribution is -0.132. The molecule has 1 fully saturated rings. The summed E-state index contributed by atoms with van der Waals surface area (Å²) in [5, 5.41) is 0. The maximum Gasteiger partial charge on any atom is 0.219 e. The summed E-state index contributed by atoms with van der Waals surface area (Å²) in [6, 6.07) is 0.257. The molecule has 0 unspecified atom stereocenters. The van der Waals surface area contributed by atoms with Gasteiger partial charge in [0.15, 0.2) is 4.47 Å². The molecule has 0 saturated carbocycles. The minimum absolute atomic E-state index is 0.108. The molecule has 0 bridgehead atoms. The molecular weight excluding hydrogens is 358 g/mol. The Labute approximate surface area is 156 Å². The van der Waals surface area contributed by atoms with E-state index in [0.717, 1.165) is 44.5 Å². The Morgan fingerprint density at radius 3 is 2.80 bits per heavy atom. The first-order valence-corrected chi connectivity index (χ1v) is 9.65. The fraction of sp³-hybridized carbons (Fsp3) is 0.529. The highest BCUT2D eigenvalue weighted by molar-refractivity contribution is 7.15. The second-order valence-electron chi connectivity index (χ2n) is 6.33. The van der Waals surface area contributed by atoms with E-state index < -0.39 is 0 Å². The Balaban J connectivity index is 1.60. The van der Waals surface area contributed by atoms with Crippen molar-refractivity contribution in [2.45, 2.75) is 45.3 Å². The molecule has 6 nitrogen and oxygen atoms in total. The number of thiazole rings is 1. The van der Waals surface area contributed by atoms with Crippen LogP contribution in [0.1, 0.15) is 36.6 Å². The standard InChI is InChI=1S/C17H22ClN5OS/c1-13(24)23(10-14-7-19-12-20-8-14)15-3-2-5-22(6-4-15)11-16-9-21-17(18)25-16/h7-9,12,15H,2-6,10-11H2,1H3/t15-/m0/s1. The predicted molar refractivity (Wildman–Crippen MR) is 98.3 cm³/mol. The van der Waals surface area contributed by atoms with E-state index in [1.165, 1.54) is 22.5 Å². The average molecular weight is 380 g/mol. The molecular formula is C17H22ClN5OS. The number of hydrogen-bond donors (Lipinski definition) is 0. The summed E-state index contributed by atoms with van der Waals surface area (Å²) in [5.41, 5.74) is 0.970. The zero-order valence-electron chi connectivity index (χ0n) is 14.3. The van der Waals surface area contributed by atoms with Crippen molar-refractivity contribution in [1.29, 1.82) is 0 Å². The highest BCUT2D eigenvalue weighted by atomic mass is 35.5. The number of halogens is 1. The number of rotatable bonds is 5. The number of aromatic nitrogens is 3. The van der Waals surface area contributed by atoms with E-state index in [-0.39, 0.29) is 11.9 Å². The SMILES string of the molecule is CC(=O)N(Cc1cncnc1)[C@H]1CCCN(Cc2cnc(Cl)s2)CC1. The van der Waals surface area contributed by atoms with Crippen LogP contribution in [0.3, 0.4) is 0 Å². The molecule has 1 atom stereocenters. The maximum atomic E-state index is 12.2. The number of hydrogen-bond acceptors (Lipinski definition) is 6. The minimum atomic E-state index is 0.108. The second-order valence-corrected chi connectivity index (χ2v) is 8.03. The summed E-state index contributed by atoms with van der Waals surface area (Å²) in [6.07, 6.45) is 9.99. The number of amides is 1. The van der Waals surface area contributed by atoms with Crippen LogP contribution in [-0.4, -0.2) is 49.8 Å². The molecule has 1 aliphatic heterocycles. The van der Waals surface area contributed by atoms with Gasteiger partial charge >= 0.3 is 0 Å². The summed E-state index contributed by atoms with van der Waals surface area (Å²) in [5.74, 6) is 0.108. The maximum absolute atomic E-state index is 12.2. The third kappa shape index (κ3) is 5.20. The quantitative estimate of drug-likeness (QED) is 0.799. The molecule has 0 aromatic carbocycles. The first-order valence-electron chi connectivity index (χ1n) is 8.45. The van der Waals surface area contributed by atoms with Crippen LogP contribution in [0.4, 0.5) is 0 Å². The molecule has 2 aromatic heterocycles. The van der Waals surface area contributed by atoms with Crippen molar-refractivity contribution < 1.29 is 4.79 Å². The van der Waals surface area contributed by atoms with Gasteiger partial charge in [-0.15, -0.1) is 11.3 Å². The van der Waals surface area contributed by atoms with Gasteiger partial charge in [-0.1, -0.05) is 11.6 Å². The number of carbonyl (C=O) groups excluding carboxylic acids is 1. The third-order valence-corrected chi connectivity index (χ3v) is 5.61. The van der Waals surface area contributed by atoms with Crippen LogP contribution >= 0.6 is 22.9 Å². The molecule has 0 spiro atoms. The summed E-state index contributed by atoms with van der Waals surface area (Å²) in [6.45, 7) is 5.10. The van der Waals surface area contributed by atoms with E-state index >= 15 is 0 Å². The van der Waals surface area contributed by atoms with Crippen LogP contribution in [0.15, 0.2) is 24.9 Å². The van der Waals surface area contributed by atoms with Gasteiger partial charge in [-0.3, -0.25) is 9.69 Å². The van der Waals surface area contributed by atoms with Crippen LogP contribution in [0.2, 0.25) is 4.47 Å². The molecule has 3 heterocycles. The molecule has 134 valence electrons. The van der Waals surface area contributed by atoms with Gasteiger partial charge in [0, 0.05) is 61.6 Å². The summed E-state index contributed by atoms with van der Waals surface area (Å²) < 4.78 is 0.593. The average Bonchev–Trinajstić information content (AvgIpc) is 2.87. The summed E-state index contributed by atoms with van der Waals surface area (Å²) in [7, 11) is 0. The van der Waals surface area contributed by atoms with Crippen molar-refractivity contribution in [2.24, 2.45) is 0 Å². The monoisotopic (exact) mass is 379 g/mol. The normalized spacial score (nSPS) is 18.7. The van der Waals surface area contributed by atoms with Gasteiger partial charge in [-0.05, 0) is 25.8 Å². The fourth-order valence-corrected chi connectivity index (χ4v) is 4.31. The Morgan fingerprint density at radius 1 is 1.32 bits per heavy atom. The first kappa shape index (κ1) is 18.2. The second kappa shape index (κ2) is 8.69. The predicted octanol–water partition coefficient (Wildman–Crippen LogP) is 2.99. The molecule has 8 heteroatoms. The van der Waals surface area contributed by atoms with E-state index in [9.17, 15) is 4.79 Å². The third-order valence-electron chi connectivity index (χ3n) is 4.51. The van der Waals surface area contributed by atoms with Gasteiger partial charge in [0.05, 0.1) is 0 Å². The topological polar surface area (TPSA) is 62.2 Å². The number of likely N-dealkylation sites (tertiary alicyclic amines) is 1. The molecule has 0 radical (unpaired) electrons. The van der Waals surface area contributed by atoms with Crippen molar-refractivity contribution in [3.8, 4) is 0 Å². The molecule has 3 rings (SSSR count). The first-order chi connectivity index (χ1) is 12.1. The van der Waals surface area contributed by atoms with Gasteiger partial charge in [0.2, 0.25) is 5.91 Å². The Hall–Kier alpha value is -1.57. The van der Waals surface area contributed by atoms with Crippen LogP contribution in [-0.2, 0) is 17.9 Å². The molecule has 0 aliphatic carbocycles. The zero-order chi connectivity index (χ0) is 17.6. The Morgan fingerprint density at radius 2 is 2.12 bits per heavy atom. The van der Waals surface area contributed by atoms with E-state index in [0.29, 0.717) is 11.0 Å². The van der Waals surface area contributed by atoms with Gasteiger partial charge in [0.25, 0.3) is 0 Å². The lowest BCUT2D eigenvalue weighted by Crippen LogP contribution is -2.39. The Kier molecular flexibility index (Phi) is 6.34. The fourth-order valence-electron chi connectivity index (χ4n) is 3.29. The largest absolute Gasteiger partial charge is 0.335 e. The lowest BCUT2D eigenvalue weighted by atomic mass is 10.1. The van der Waals surface area contributed by atoms with Crippen molar-refractivity contribution in [3.05, 3.63) is 39.8 Å². The van der Waals surface area contributed by atoms with Gasteiger partial charge < -0.3 is 4.90 Å². The highest BCUT2D eigenvalue weighted by Gasteiger charge is 2.25. The Bertz CT molecular complexity index is 695. The molecule has 1 aliphatic rings. The van der Waals surface area contributed by atoms with Crippen LogP contribution in [0.25, 0.3) is 0 Å². The van der Waals surface area contributed by atoms with Crippen molar-refractivity contribution in [2.75, 3.05) is 13.1 Å². The van der Waals surface area contributed by atoms with E-state index in [2.05, 4.69) is 19.9 Å². The number of nitrogens with zero attached hydrogens (tertiary/aromatic N) is 5. The summed E-state index contributed by atoms with van der Waals surface area (Å²) in [4.78, 5) is 30.0. The van der Waals surface area contributed by atoms with Crippen molar-refractivity contribution >= 4 is 28.8 Å². The van der Waals surface area contributed by atoms with Crippen molar-refractivity contribution in [3.63, 3.8) is 0 Å². The van der Waals surface area contributed by atoms with Gasteiger partial charge in [0.1, 0.15) is 6.33 Å². The molecule has 0 N–H and O–H groups in total. The molecule has 1 amide bonds. The minimum Gasteiger partial charge on any atom is -0.335 e. The van der Waals surface area contributed by atoms with Crippen LogP contribution in [0.5, 0.6) is 0 Å². The zero-order valence-corrected chi connectivity index (χ0v) is 15.8. The molecule has 2 aromatic rings. The summed E-state index contributed by atoms with van der Waals surface area (Å²) >= 11 is 7.46. The highest BCUT2D eigenvalue weighted by Crippen LogP contribution is 2.23. The van der Waals surface area contributed by atoms with Gasteiger partial charge in [-0.25, -0.2) is 15.0 Å². The van der Waals surface area contributed by atoms with Crippen LogP contribution in [0, 0.1) is 0 Å². The molecule has 25 heavy (non-hydrogen) atoms. The van der Waals surface area contributed by atoms with E-state index in [1.54, 1.807) is 19.3 Å².